The van der Waals surface area contributed by atoms with Gasteiger partial charge in [-0.2, -0.15) is 0 Å². The fourth-order valence-corrected chi connectivity index (χ4v) is 2.17. The fraction of sp³-hybridized carbons (Fsp3) is 0.200. The quantitative estimate of drug-likeness (QED) is 0.819. The normalized spacial score (nSPS) is 10.4. The molecule has 18 heavy (non-hydrogen) atoms. The molecule has 0 aliphatic carbocycles. The molecule has 0 aromatic heterocycles. The highest BCUT2D eigenvalue weighted by atomic mass is 19.1. The topological polar surface area (TPSA) is 35.2 Å². The molecule has 0 aliphatic heterocycles. The Kier molecular flexibility index (Phi) is 3.24. The first-order chi connectivity index (χ1) is 8.52. The molecule has 0 spiro atoms. The van der Waals surface area contributed by atoms with Crippen LogP contribution in [0.1, 0.15) is 11.1 Å². The summed E-state index contributed by atoms with van der Waals surface area (Å²) in [5, 5.41) is 0. The number of rotatable bonds is 2. The fourth-order valence-electron chi connectivity index (χ4n) is 2.17. The lowest BCUT2D eigenvalue weighted by Gasteiger charge is -2.14. The van der Waals surface area contributed by atoms with Crippen LogP contribution in [0.5, 0.6) is 5.75 Å². The van der Waals surface area contributed by atoms with E-state index in [4.69, 9.17) is 10.5 Å². The summed E-state index contributed by atoms with van der Waals surface area (Å²) in [6.07, 6.45) is 0. The van der Waals surface area contributed by atoms with Gasteiger partial charge >= 0.3 is 0 Å². The van der Waals surface area contributed by atoms with Crippen LogP contribution in [0.15, 0.2) is 30.3 Å². The predicted molar refractivity (Wildman–Crippen MR) is 72.3 cm³/mol. The molecule has 2 aromatic rings. The van der Waals surface area contributed by atoms with Gasteiger partial charge in [-0.3, -0.25) is 0 Å². The number of nitrogens with two attached hydrogens (primary N) is 1. The predicted octanol–water partition coefficient (Wildman–Crippen LogP) is 3.70. The Morgan fingerprint density at radius 1 is 1.11 bits per heavy atom. The van der Waals surface area contributed by atoms with E-state index in [2.05, 4.69) is 0 Å². The van der Waals surface area contributed by atoms with E-state index in [1.807, 2.05) is 26.0 Å². The van der Waals surface area contributed by atoms with E-state index in [9.17, 15) is 4.39 Å². The number of hydrogen-bond acceptors (Lipinski definition) is 2. The lowest BCUT2D eigenvalue weighted by molar-refractivity contribution is 0.415. The van der Waals surface area contributed by atoms with Gasteiger partial charge in [-0.05, 0) is 49.2 Å². The number of nitrogen functional groups attached to an aromatic ring is 1. The Morgan fingerprint density at radius 3 is 2.50 bits per heavy atom. The van der Waals surface area contributed by atoms with Gasteiger partial charge in [-0.1, -0.05) is 6.07 Å². The zero-order chi connectivity index (χ0) is 13.3. The first kappa shape index (κ1) is 12.4. The van der Waals surface area contributed by atoms with Gasteiger partial charge in [0.1, 0.15) is 11.6 Å². The summed E-state index contributed by atoms with van der Waals surface area (Å²) in [7, 11) is 1.59. The van der Waals surface area contributed by atoms with Crippen LogP contribution in [0, 0.1) is 19.7 Å². The van der Waals surface area contributed by atoms with Gasteiger partial charge < -0.3 is 10.5 Å². The standard InChI is InChI=1S/C15H16FNO/c1-9-6-10(2)15(14(7-9)18-3)12-8-11(17)4-5-13(12)16/h4-8H,17H2,1-3H3. The molecule has 0 heterocycles. The number of halogens is 1. The van der Waals surface area contributed by atoms with E-state index in [1.54, 1.807) is 19.2 Å². The Morgan fingerprint density at radius 2 is 1.83 bits per heavy atom. The van der Waals surface area contributed by atoms with Crippen molar-refractivity contribution in [3.05, 3.63) is 47.3 Å². The minimum absolute atomic E-state index is 0.297. The number of methoxy groups -OCH3 is 1. The van der Waals surface area contributed by atoms with E-state index < -0.39 is 0 Å². The molecule has 2 N–H and O–H groups in total. The van der Waals surface area contributed by atoms with Crippen LogP contribution < -0.4 is 10.5 Å². The lowest BCUT2D eigenvalue weighted by Crippen LogP contribution is -1.96. The maximum Gasteiger partial charge on any atom is 0.131 e. The van der Waals surface area contributed by atoms with Crippen molar-refractivity contribution in [3.63, 3.8) is 0 Å². The Hall–Kier alpha value is -2.03. The second-order valence-electron chi connectivity index (χ2n) is 4.40. The van der Waals surface area contributed by atoms with E-state index in [1.165, 1.54) is 6.07 Å². The van der Waals surface area contributed by atoms with Crippen molar-refractivity contribution < 1.29 is 9.13 Å². The first-order valence-electron chi connectivity index (χ1n) is 5.73. The van der Waals surface area contributed by atoms with Crippen molar-refractivity contribution in [2.75, 3.05) is 12.8 Å². The molecule has 3 heteroatoms. The number of anilines is 1. The van der Waals surface area contributed by atoms with E-state index >= 15 is 0 Å². The Labute approximate surface area is 106 Å². The van der Waals surface area contributed by atoms with Gasteiger partial charge in [0.25, 0.3) is 0 Å². The van der Waals surface area contributed by atoms with Crippen molar-refractivity contribution in [3.8, 4) is 16.9 Å². The number of benzene rings is 2. The number of ether oxygens (including phenoxy) is 1. The van der Waals surface area contributed by atoms with Gasteiger partial charge in [0.2, 0.25) is 0 Å². The van der Waals surface area contributed by atoms with E-state index in [0.717, 1.165) is 16.7 Å². The minimum Gasteiger partial charge on any atom is -0.496 e. The van der Waals surface area contributed by atoms with Crippen LogP contribution in [0.2, 0.25) is 0 Å². The Bertz CT molecular complexity index is 593. The molecule has 2 rings (SSSR count). The third kappa shape index (κ3) is 2.16. The van der Waals surface area contributed by atoms with Crippen molar-refractivity contribution in [2.45, 2.75) is 13.8 Å². The number of aryl methyl sites for hydroxylation is 2. The molecule has 0 atom stereocenters. The molecule has 0 bridgehead atoms. The zero-order valence-electron chi connectivity index (χ0n) is 10.8. The molecule has 0 fully saturated rings. The lowest BCUT2D eigenvalue weighted by atomic mass is 9.96. The summed E-state index contributed by atoms with van der Waals surface area (Å²) in [6, 6.07) is 8.46. The monoisotopic (exact) mass is 245 g/mol. The van der Waals surface area contributed by atoms with Gasteiger partial charge in [0, 0.05) is 16.8 Å². The van der Waals surface area contributed by atoms with Crippen LogP contribution in [0.4, 0.5) is 10.1 Å². The van der Waals surface area contributed by atoms with Crippen molar-refractivity contribution in [1.82, 2.24) is 0 Å². The summed E-state index contributed by atoms with van der Waals surface area (Å²) in [5.41, 5.74) is 9.55. The van der Waals surface area contributed by atoms with Crippen LogP contribution in [-0.4, -0.2) is 7.11 Å². The summed E-state index contributed by atoms with van der Waals surface area (Å²) in [5.74, 6) is 0.367. The van der Waals surface area contributed by atoms with E-state index in [0.29, 0.717) is 17.0 Å². The van der Waals surface area contributed by atoms with Crippen LogP contribution in [-0.2, 0) is 0 Å². The van der Waals surface area contributed by atoms with Gasteiger partial charge in [-0.15, -0.1) is 0 Å². The molecule has 0 aliphatic rings. The van der Waals surface area contributed by atoms with Crippen LogP contribution in [0.25, 0.3) is 11.1 Å². The summed E-state index contributed by atoms with van der Waals surface area (Å²) >= 11 is 0. The molecule has 0 radical (unpaired) electrons. The molecule has 0 unspecified atom stereocenters. The third-order valence-electron chi connectivity index (χ3n) is 2.92. The van der Waals surface area contributed by atoms with E-state index in [-0.39, 0.29) is 5.82 Å². The second-order valence-corrected chi connectivity index (χ2v) is 4.40. The molecular formula is C15H16FNO. The largest absolute Gasteiger partial charge is 0.496 e. The molecule has 0 saturated carbocycles. The summed E-state index contributed by atoms with van der Waals surface area (Å²) in [4.78, 5) is 0. The molecular weight excluding hydrogens is 229 g/mol. The summed E-state index contributed by atoms with van der Waals surface area (Å²) < 4.78 is 19.3. The summed E-state index contributed by atoms with van der Waals surface area (Å²) in [6.45, 7) is 3.92. The zero-order valence-corrected chi connectivity index (χ0v) is 10.8. The van der Waals surface area contributed by atoms with Gasteiger partial charge in [0.05, 0.1) is 7.11 Å². The third-order valence-corrected chi connectivity index (χ3v) is 2.92. The SMILES string of the molecule is COc1cc(C)cc(C)c1-c1cc(N)ccc1F. The highest BCUT2D eigenvalue weighted by molar-refractivity contribution is 5.77. The average molecular weight is 245 g/mol. The minimum atomic E-state index is -0.297. The molecule has 0 saturated heterocycles. The highest BCUT2D eigenvalue weighted by Gasteiger charge is 2.14. The van der Waals surface area contributed by atoms with Gasteiger partial charge in [0.15, 0.2) is 0 Å². The number of hydrogen-bond donors (Lipinski definition) is 1. The smallest absolute Gasteiger partial charge is 0.131 e. The molecule has 94 valence electrons. The second kappa shape index (κ2) is 4.69. The highest BCUT2D eigenvalue weighted by Crippen LogP contribution is 2.36. The first-order valence-corrected chi connectivity index (χ1v) is 5.73. The maximum atomic E-state index is 13.9. The molecule has 0 amide bonds. The van der Waals surface area contributed by atoms with Crippen molar-refractivity contribution >= 4 is 5.69 Å². The molecule has 2 aromatic carbocycles. The Balaban J connectivity index is 2.74. The van der Waals surface area contributed by atoms with Crippen LogP contribution >= 0.6 is 0 Å². The maximum absolute atomic E-state index is 13.9. The van der Waals surface area contributed by atoms with Crippen molar-refractivity contribution in [1.29, 1.82) is 0 Å². The van der Waals surface area contributed by atoms with Crippen molar-refractivity contribution in [2.24, 2.45) is 0 Å². The average Bonchev–Trinajstić information content (AvgIpc) is 2.32. The molecule has 2 nitrogen and oxygen atoms in total. The van der Waals surface area contributed by atoms with Crippen LogP contribution in [0.3, 0.4) is 0 Å². The van der Waals surface area contributed by atoms with Gasteiger partial charge in [-0.25, -0.2) is 4.39 Å².